The number of hydrogen-bond acceptors (Lipinski definition) is 3. The van der Waals surface area contributed by atoms with Gasteiger partial charge in [-0.05, 0) is 27.2 Å². The first kappa shape index (κ1) is 14.9. The molecular weight excluding hydrogens is 277 g/mol. The van der Waals surface area contributed by atoms with E-state index in [-0.39, 0.29) is 13.1 Å². The highest BCUT2D eigenvalue weighted by molar-refractivity contribution is 5.84. The normalized spacial score (nSPS) is 26.1. The molecule has 2 bridgehead atoms. The predicted octanol–water partition coefficient (Wildman–Crippen LogP) is 1.77. The zero-order chi connectivity index (χ0) is 15.3. The lowest BCUT2D eigenvalue weighted by Gasteiger charge is -2.55. The average molecular weight is 294 g/mol. The Bertz CT molecular complexity index is 419. The van der Waals surface area contributed by atoms with Crippen LogP contribution in [0.25, 0.3) is 0 Å². The van der Waals surface area contributed by atoms with Crippen LogP contribution < -0.4 is 0 Å². The second-order valence-electron chi connectivity index (χ2n) is 6.14. The summed E-state index contributed by atoms with van der Waals surface area (Å²) in [6.45, 7) is 5.33. The van der Waals surface area contributed by atoms with Crippen molar-refractivity contribution < 1.29 is 27.5 Å². The van der Waals surface area contributed by atoms with Crippen LogP contribution in [0.5, 0.6) is 0 Å². The van der Waals surface area contributed by atoms with Crippen molar-refractivity contribution in [2.24, 2.45) is 0 Å². The number of hydrogen-bond donors (Lipinski definition) is 0. The molecule has 0 aromatic rings. The van der Waals surface area contributed by atoms with Crippen molar-refractivity contribution in [3.05, 3.63) is 0 Å². The predicted molar refractivity (Wildman–Crippen MR) is 62.9 cm³/mol. The van der Waals surface area contributed by atoms with E-state index in [0.717, 1.165) is 4.90 Å². The number of piperidine rings is 1. The van der Waals surface area contributed by atoms with Crippen molar-refractivity contribution >= 4 is 12.0 Å². The van der Waals surface area contributed by atoms with Gasteiger partial charge in [-0.15, -0.1) is 0 Å². The number of carbonyl (C=O) groups excluding carboxylic acids is 2. The Morgan fingerprint density at radius 2 is 1.60 bits per heavy atom. The molecule has 3 saturated heterocycles. The number of ether oxygens (including phenoxy) is 1. The van der Waals surface area contributed by atoms with Crippen LogP contribution in [0.1, 0.15) is 27.2 Å². The van der Waals surface area contributed by atoms with Crippen LogP contribution in [0, 0.1) is 0 Å². The zero-order valence-corrected chi connectivity index (χ0v) is 11.5. The van der Waals surface area contributed by atoms with Gasteiger partial charge in [-0.3, -0.25) is 4.79 Å². The topological polar surface area (TPSA) is 49.9 Å². The first-order chi connectivity index (χ1) is 8.99. The van der Waals surface area contributed by atoms with E-state index in [1.165, 1.54) is 4.90 Å². The summed E-state index contributed by atoms with van der Waals surface area (Å²) >= 11 is 0. The van der Waals surface area contributed by atoms with Gasteiger partial charge in [-0.25, -0.2) is 4.79 Å². The van der Waals surface area contributed by atoms with Gasteiger partial charge in [0.15, 0.2) is 0 Å². The number of carbonyl (C=O) groups is 2. The smallest absolute Gasteiger partial charge is 0.444 e. The van der Waals surface area contributed by atoms with Gasteiger partial charge in [-0.1, -0.05) is 0 Å². The second-order valence-corrected chi connectivity index (χ2v) is 6.14. The summed E-state index contributed by atoms with van der Waals surface area (Å²) in [6, 6.07) is -1.12. The van der Waals surface area contributed by atoms with E-state index in [0.29, 0.717) is 6.42 Å². The largest absolute Gasteiger partial charge is 0.471 e. The van der Waals surface area contributed by atoms with Gasteiger partial charge in [0.25, 0.3) is 0 Å². The molecule has 0 aliphatic carbocycles. The summed E-state index contributed by atoms with van der Waals surface area (Å²) in [5, 5.41) is 0. The molecule has 3 aliphatic rings. The maximum absolute atomic E-state index is 12.4. The molecule has 0 aromatic carbocycles. The lowest BCUT2D eigenvalue weighted by molar-refractivity contribution is -0.204. The van der Waals surface area contributed by atoms with Crippen molar-refractivity contribution in [3.63, 3.8) is 0 Å². The highest BCUT2D eigenvalue weighted by Gasteiger charge is 2.55. The Balaban J connectivity index is 1.96. The Morgan fingerprint density at radius 1 is 1.10 bits per heavy atom. The summed E-state index contributed by atoms with van der Waals surface area (Å²) in [5.41, 5.74) is -0.653. The van der Waals surface area contributed by atoms with Gasteiger partial charge in [0.1, 0.15) is 5.60 Å². The fourth-order valence-corrected chi connectivity index (χ4v) is 2.56. The zero-order valence-electron chi connectivity index (χ0n) is 11.5. The highest BCUT2D eigenvalue weighted by Crippen LogP contribution is 2.36. The van der Waals surface area contributed by atoms with Gasteiger partial charge in [0, 0.05) is 13.1 Å². The maximum Gasteiger partial charge on any atom is 0.471 e. The molecule has 3 heterocycles. The molecule has 0 N–H and O–H groups in total. The number of nitrogens with zero attached hydrogens (tertiary/aromatic N) is 2. The summed E-state index contributed by atoms with van der Waals surface area (Å²) in [5.74, 6) is -1.82. The fraction of sp³-hybridized carbons (Fsp3) is 0.833. The molecule has 5 nitrogen and oxygen atoms in total. The van der Waals surface area contributed by atoms with E-state index in [4.69, 9.17) is 4.74 Å². The van der Waals surface area contributed by atoms with Gasteiger partial charge >= 0.3 is 18.2 Å². The SMILES string of the molecule is CC(C)(C)OC(=O)N1CC2CC(C1)N2C(=O)C(F)(F)F. The van der Waals surface area contributed by atoms with Crippen molar-refractivity contribution in [1.82, 2.24) is 9.80 Å². The average Bonchev–Trinajstić information content (AvgIpc) is 2.25. The lowest BCUT2D eigenvalue weighted by Crippen LogP contribution is -2.72. The van der Waals surface area contributed by atoms with Crippen LogP contribution in [0.2, 0.25) is 0 Å². The number of amides is 2. The molecule has 20 heavy (non-hydrogen) atoms. The Hall–Kier alpha value is -1.47. The van der Waals surface area contributed by atoms with Crippen molar-refractivity contribution in [1.29, 1.82) is 0 Å². The molecule has 114 valence electrons. The fourth-order valence-electron chi connectivity index (χ4n) is 2.56. The molecular formula is C12H17F3N2O3. The van der Waals surface area contributed by atoms with E-state index >= 15 is 0 Å². The standard InChI is InChI=1S/C12H17F3N2O3/c1-11(2,3)20-10(19)16-5-7-4-8(6-16)17(7)9(18)12(13,14)15/h7-8H,4-6H2,1-3H3. The van der Waals surface area contributed by atoms with Crippen molar-refractivity contribution in [3.8, 4) is 0 Å². The summed E-state index contributed by atoms with van der Waals surface area (Å²) in [6.07, 6.45) is -4.90. The molecule has 2 atom stereocenters. The van der Waals surface area contributed by atoms with Crippen LogP contribution in [0.15, 0.2) is 0 Å². The third kappa shape index (κ3) is 2.83. The molecule has 0 aromatic heterocycles. The van der Waals surface area contributed by atoms with Crippen molar-refractivity contribution in [2.75, 3.05) is 13.1 Å². The third-order valence-electron chi connectivity index (χ3n) is 3.32. The third-order valence-corrected chi connectivity index (χ3v) is 3.32. The first-order valence-corrected chi connectivity index (χ1v) is 6.36. The molecule has 3 aliphatic heterocycles. The van der Waals surface area contributed by atoms with Gasteiger partial charge in [0.2, 0.25) is 0 Å². The van der Waals surface area contributed by atoms with E-state index < -0.39 is 35.9 Å². The molecule has 2 amide bonds. The Labute approximate surface area is 114 Å². The van der Waals surface area contributed by atoms with Crippen molar-refractivity contribution in [2.45, 2.75) is 51.1 Å². The van der Waals surface area contributed by atoms with Crippen LogP contribution >= 0.6 is 0 Å². The second kappa shape index (κ2) is 4.53. The van der Waals surface area contributed by atoms with Gasteiger partial charge in [-0.2, -0.15) is 13.2 Å². The summed E-state index contributed by atoms with van der Waals surface area (Å²) in [7, 11) is 0. The number of piperazine rings is 1. The summed E-state index contributed by atoms with van der Waals surface area (Å²) in [4.78, 5) is 25.3. The minimum atomic E-state index is -4.86. The molecule has 0 spiro atoms. The monoisotopic (exact) mass is 294 g/mol. The molecule has 3 rings (SSSR count). The minimum Gasteiger partial charge on any atom is -0.444 e. The molecule has 3 fully saturated rings. The van der Waals surface area contributed by atoms with Crippen LogP contribution in [-0.2, 0) is 9.53 Å². The first-order valence-electron chi connectivity index (χ1n) is 6.36. The molecule has 0 radical (unpaired) electrons. The van der Waals surface area contributed by atoms with Crippen LogP contribution in [-0.4, -0.2) is 58.8 Å². The number of fused-ring (bicyclic) bond motifs is 2. The number of halogens is 3. The maximum atomic E-state index is 12.4. The minimum absolute atomic E-state index is 0.0905. The Morgan fingerprint density at radius 3 is 2.00 bits per heavy atom. The van der Waals surface area contributed by atoms with E-state index in [2.05, 4.69) is 0 Å². The summed E-state index contributed by atoms with van der Waals surface area (Å²) < 4.78 is 42.4. The quantitative estimate of drug-likeness (QED) is 0.684. The Kier molecular flexibility index (Phi) is 3.38. The van der Waals surface area contributed by atoms with E-state index in [9.17, 15) is 22.8 Å². The molecule has 8 heteroatoms. The lowest BCUT2D eigenvalue weighted by atomic mass is 9.87. The number of alkyl halides is 3. The van der Waals surface area contributed by atoms with E-state index in [1.54, 1.807) is 20.8 Å². The van der Waals surface area contributed by atoms with Crippen LogP contribution in [0.3, 0.4) is 0 Å². The van der Waals surface area contributed by atoms with Gasteiger partial charge < -0.3 is 14.5 Å². The van der Waals surface area contributed by atoms with E-state index in [1.807, 2.05) is 0 Å². The molecule has 0 saturated carbocycles. The highest BCUT2D eigenvalue weighted by atomic mass is 19.4. The number of rotatable bonds is 0. The van der Waals surface area contributed by atoms with Gasteiger partial charge in [0.05, 0.1) is 12.1 Å². The molecule has 2 unspecified atom stereocenters. The van der Waals surface area contributed by atoms with Crippen LogP contribution in [0.4, 0.5) is 18.0 Å².